The van der Waals surface area contributed by atoms with E-state index in [2.05, 4.69) is 91.0 Å². The van der Waals surface area contributed by atoms with Crippen LogP contribution in [0.2, 0.25) is 0 Å². The van der Waals surface area contributed by atoms with Gasteiger partial charge >= 0.3 is 0 Å². The zero-order valence-electron chi connectivity index (χ0n) is 13.6. The quantitative estimate of drug-likeness (QED) is 0.364. The zero-order valence-corrected chi connectivity index (χ0v) is 13.6. The van der Waals surface area contributed by atoms with E-state index in [1.54, 1.807) is 0 Å². The molecule has 0 fully saturated rings. The van der Waals surface area contributed by atoms with Crippen LogP contribution in [0, 0.1) is 0 Å². The average Bonchev–Trinajstić information content (AvgIpc) is 3.00. The SMILES string of the molecule is C(=N\n1c2ccccc2c2ccccc21)/c1cccc2ccccc12. The summed E-state index contributed by atoms with van der Waals surface area (Å²) >= 11 is 0. The van der Waals surface area contributed by atoms with Crippen LogP contribution in [0.1, 0.15) is 5.56 Å². The fourth-order valence-corrected chi connectivity index (χ4v) is 3.51. The van der Waals surface area contributed by atoms with E-state index in [4.69, 9.17) is 5.10 Å². The number of rotatable bonds is 2. The molecular weight excluding hydrogens is 304 g/mol. The van der Waals surface area contributed by atoms with E-state index in [0.717, 1.165) is 16.6 Å². The molecule has 0 atom stereocenters. The smallest absolute Gasteiger partial charge is 0.0732 e. The molecule has 5 aromatic rings. The lowest BCUT2D eigenvalue weighted by molar-refractivity contribution is 0.975. The molecule has 0 unspecified atom stereocenters. The molecule has 0 N–H and O–H groups in total. The normalized spacial score (nSPS) is 11.8. The van der Waals surface area contributed by atoms with Gasteiger partial charge in [-0.2, -0.15) is 5.10 Å². The summed E-state index contributed by atoms with van der Waals surface area (Å²) in [5.74, 6) is 0. The number of hydrogen-bond acceptors (Lipinski definition) is 1. The lowest BCUT2D eigenvalue weighted by Gasteiger charge is -2.03. The Morgan fingerprint density at radius 3 is 1.84 bits per heavy atom. The van der Waals surface area contributed by atoms with Crippen LogP contribution in [-0.2, 0) is 0 Å². The van der Waals surface area contributed by atoms with Gasteiger partial charge in [0.2, 0.25) is 0 Å². The molecule has 0 aliphatic carbocycles. The Labute approximate surface area is 145 Å². The summed E-state index contributed by atoms with van der Waals surface area (Å²) in [7, 11) is 0. The molecule has 0 aliphatic heterocycles. The molecule has 0 radical (unpaired) electrons. The van der Waals surface area contributed by atoms with Crippen LogP contribution in [0.25, 0.3) is 32.6 Å². The van der Waals surface area contributed by atoms with Crippen molar-refractivity contribution >= 4 is 38.8 Å². The Balaban J connectivity index is 1.74. The standard InChI is InChI=1S/C23H16N2/c1-2-11-19-17(8-1)9-7-10-18(19)16-24-25-22-14-5-3-12-20(22)21-13-4-6-15-23(21)25/h1-16H/b24-16+. The molecule has 0 spiro atoms. The molecule has 0 saturated carbocycles. The average molecular weight is 320 g/mol. The van der Waals surface area contributed by atoms with E-state index >= 15 is 0 Å². The van der Waals surface area contributed by atoms with E-state index in [0.29, 0.717) is 0 Å². The zero-order chi connectivity index (χ0) is 16.6. The summed E-state index contributed by atoms with van der Waals surface area (Å²) in [6, 6.07) is 31.6. The summed E-state index contributed by atoms with van der Waals surface area (Å²) in [5.41, 5.74) is 3.38. The molecule has 0 bridgehead atoms. The predicted molar refractivity (Wildman–Crippen MR) is 106 cm³/mol. The number of fused-ring (bicyclic) bond motifs is 4. The van der Waals surface area contributed by atoms with Crippen LogP contribution in [0.5, 0.6) is 0 Å². The molecule has 5 rings (SSSR count). The van der Waals surface area contributed by atoms with E-state index in [1.807, 2.05) is 10.9 Å². The third-order valence-corrected chi connectivity index (χ3v) is 4.69. The second-order valence-electron chi connectivity index (χ2n) is 6.16. The van der Waals surface area contributed by atoms with Crippen LogP contribution in [0.15, 0.2) is 96.1 Å². The third-order valence-electron chi connectivity index (χ3n) is 4.69. The van der Waals surface area contributed by atoms with Gasteiger partial charge in [0.05, 0.1) is 17.2 Å². The summed E-state index contributed by atoms with van der Waals surface area (Å²) in [4.78, 5) is 0. The molecule has 118 valence electrons. The van der Waals surface area contributed by atoms with E-state index in [-0.39, 0.29) is 0 Å². The van der Waals surface area contributed by atoms with Gasteiger partial charge in [-0.05, 0) is 22.9 Å². The van der Waals surface area contributed by atoms with Crippen molar-refractivity contribution in [2.45, 2.75) is 0 Å². The molecule has 4 aromatic carbocycles. The maximum atomic E-state index is 4.83. The van der Waals surface area contributed by atoms with Crippen LogP contribution < -0.4 is 0 Å². The Kier molecular flexibility index (Phi) is 3.14. The van der Waals surface area contributed by atoms with Crippen molar-refractivity contribution in [3.05, 3.63) is 96.6 Å². The minimum absolute atomic E-state index is 1.12. The first-order valence-electron chi connectivity index (χ1n) is 8.42. The highest BCUT2D eigenvalue weighted by molar-refractivity contribution is 6.08. The van der Waals surface area contributed by atoms with Crippen molar-refractivity contribution < 1.29 is 0 Å². The summed E-state index contributed by atoms with van der Waals surface area (Å²) in [6.07, 6.45) is 1.96. The summed E-state index contributed by atoms with van der Waals surface area (Å²) < 4.78 is 2.03. The van der Waals surface area contributed by atoms with Crippen molar-refractivity contribution in [3.8, 4) is 0 Å². The minimum atomic E-state index is 1.12. The van der Waals surface area contributed by atoms with Crippen LogP contribution in [0.3, 0.4) is 0 Å². The predicted octanol–water partition coefficient (Wildman–Crippen LogP) is 5.83. The van der Waals surface area contributed by atoms with Gasteiger partial charge in [-0.3, -0.25) is 0 Å². The van der Waals surface area contributed by atoms with Crippen molar-refractivity contribution in [2.75, 3.05) is 0 Å². The van der Waals surface area contributed by atoms with Gasteiger partial charge in [0.25, 0.3) is 0 Å². The fourth-order valence-electron chi connectivity index (χ4n) is 3.51. The van der Waals surface area contributed by atoms with Gasteiger partial charge < -0.3 is 0 Å². The second kappa shape index (κ2) is 5.60. The Bertz CT molecular complexity index is 1190. The minimum Gasteiger partial charge on any atom is -0.232 e. The molecule has 2 heteroatoms. The highest BCUT2D eigenvalue weighted by atomic mass is 15.3. The molecule has 0 aliphatic rings. The number of nitrogens with zero attached hydrogens (tertiary/aromatic N) is 2. The summed E-state index contributed by atoms with van der Waals surface area (Å²) in [6.45, 7) is 0. The van der Waals surface area contributed by atoms with Gasteiger partial charge in [-0.15, -0.1) is 0 Å². The largest absolute Gasteiger partial charge is 0.232 e. The molecule has 2 nitrogen and oxygen atoms in total. The van der Waals surface area contributed by atoms with Gasteiger partial charge in [0.1, 0.15) is 0 Å². The highest BCUT2D eigenvalue weighted by Gasteiger charge is 2.08. The molecule has 0 amide bonds. The van der Waals surface area contributed by atoms with E-state index in [1.165, 1.54) is 21.5 Å². The lowest BCUT2D eigenvalue weighted by Crippen LogP contribution is -1.91. The van der Waals surface area contributed by atoms with E-state index < -0.39 is 0 Å². The molecule has 25 heavy (non-hydrogen) atoms. The molecular formula is C23H16N2. The van der Waals surface area contributed by atoms with Crippen LogP contribution >= 0.6 is 0 Å². The second-order valence-corrected chi connectivity index (χ2v) is 6.16. The van der Waals surface area contributed by atoms with Crippen LogP contribution in [-0.4, -0.2) is 10.9 Å². The number of benzene rings is 4. The molecule has 1 heterocycles. The Morgan fingerprint density at radius 2 is 1.12 bits per heavy atom. The fraction of sp³-hybridized carbons (Fsp3) is 0. The first kappa shape index (κ1) is 14.0. The number of hydrogen-bond donors (Lipinski definition) is 0. The maximum Gasteiger partial charge on any atom is 0.0732 e. The first-order valence-corrected chi connectivity index (χ1v) is 8.42. The van der Waals surface area contributed by atoms with Crippen molar-refractivity contribution in [1.82, 2.24) is 4.68 Å². The Morgan fingerprint density at radius 1 is 0.560 bits per heavy atom. The maximum absolute atomic E-state index is 4.83. The highest BCUT2D eigenvalue weighted by Crippen LogP contribution is 2.28. The first-order chi connectivity index (χ1) is 12.4. The number of para-hydroxylation sites is 2. The van der Waals surface area contributed by atoms with Gasteiger partial charge in [0.15, 0.2) is 0 Å². The van der Waals surface area contributed by atoms with Crippen molar-refractivity contribution in [1.29, 1.82) is 0 Å². The van der Waals surface area contributed by atoms with Crippen molar-refractivity contribution in [2.24, 2.45) is 5.10 Å². The van der Waals surface area contributed by atoms with E-state index in [9.17, 15) is 0 Å². The van der Waals surface area contributed by atoms with Crippen molar-refractivity contribution in [3.63, 3.8) is 0 Å². The van der Waals surface area contributed by atoms with Gasteiger partial charge in [-0.1, -0.05) is 78.9 Å². The third kappa shape index (κ3) is 2.23. The lowest BCUT2D eigenvalue weighted by atomic mass is 10.1. The summed E-state index contributed by atoms with van der Waals surface area (Å²) in [5, 5.41) is 9.74. The topological polar surface area (TPSA) is 17.3 Å². The molecule has 1 aromatic heterocycles. The Hall–Kier alpha value is -3.39. The van der Waals surface area contributed by atoms with Gasteiger partial charge in [-0.25, -0.2) is 4.68 Å². The monoisotopic (exact) mass is 320 g/mol. The van der Waals surface area contributed by atoms with Crippen LogP contribution in [0.4, 0.5) is 0 Å². The van der Waals surface area contributed by atoms with Gasteiger partial charge in [0, 0.05) is 16.3 Å². The number of aromatic nitrogens is 1. The molecule has 0 saturated heterocycles.